The smallest absolute Gasteiger partial charge is 0.173 e. The van der Waals surface area contributed by atoms with Crippen molar-refractivity contribution in [2.24, 2.45) is 5.92 Å². The number of rotatable bonds is 8. The minimum absolute atomic E-state index is 0.262. The Hall–Kier alpha value is -2.33. The van der Waals surface area contributed by atoms with Gasteiger partial charge in [-0.1, -0.05) is 38.1 Å². The average Bonchev–Trinajstić information content (AvgIpc) is 3.13. The predicted molar refractivity (Wildman–Crippen MR) is 109 cm³/mol. The lowest BCUT2D eigenvalue weighted by atomic mass is 9.88. The fraction of sp³-hybridized carbons (Fsp3) is 0.261. The molecule has 1 atom stereocenters. The molecule has 4 heteroatoms. The van der Waals surface area contributed by atoms with E-state index in [9.17, 15) is 4.39 Å². The molecule has 0 saturated carbocycles. The highest BCUT2D eigenvalue weighted by Crippen LogP contribution is 2.35. The molecular weight excluding hydrogens is 359 g/mol. The zero-order chi connectivity index (χ0) is 19.2. The number of halogens is 1. The van der Waals surface area contributed by atoms with Crippen LogP contribution in [0.2, 0.25) is 0 Å². The van der Waals surface area contributed by atoms with Crippen molar-refractivity contribution in [3.63, 3.8) is 0 Å². The van der Waals surface area contributed by atoms with Gasteiger partial charge in [-0.25, -0.2) is 4.39 Å². The Kier molecular flexibility index (Phi) is 6.51. The van der Waals surface area contributed by atoms with Crippen LogP contribution < -0.4 is 9.47 Å². The summed E-state index contributed by atoms with van der Waals surface area (Å²) in [5, 5.41) is 0.944. The summed E-state index contributed by atoms with van der Waals surface area (Å²) < 4.78 is 25.4. The molecule has 3 rings (SSSR count). The summed E-state index contributed by atoms with van der Waals surface area (Å²) in [5.41, 5.74) is 1.05. The normalized spacial score (nSPS) is 12.2. The van der Waals surface area contributed by atoms with Crippen LogP contribution in [0.1, 0.15) is 31.2 Å². The summed E-state index contributed by atoms with van der Waals surface area (Å²) in [7, 11) is 0. The maximum Gasteiger partial charge on any atom is 0.173 e. The second-order valence-electron chi connectivity index (χ2n) is 6.52. The number of ether oxygens (including phenoxy) is 2. The van der Waals surface area contributed by atoms with Crippen LogP contribution in [0.4, 0.5) is 4.39 Å². The van der Waals surface area contributed by atoms with Crippen LogP contribution >= 0.6 is 11.3 Å². The molecule has 1 unspecified atom stereocenters. The Labute approximate surface area is 164 Å². The quantitative estimate of drug-likeness (QED) is 0.421. The largest absolute Gasteiger partial charge is 0.484 e. The Morgan fingerprint density at radius 2 is 1.85 bits per heavy atom. The molecule has 0 fully saturated rings. The van der Waals surface area contributed by atoms with E-state index in [4.69, 9.17) is 9.47 Å². The maximum absolute atomic E-state index is 14.1. The highest BCUT2D eigenvalue weighted by atomic mass is 32.1. The molecule has 0 aliphatic rings. The highest BCUT2D eigenvalue weighted by Gasteiger charge is 2.19. The van der Waals surface area contributed by atoms with Gasteiger partial charge in [-0.3, -0.25) is 0 Å². The first-order valence-corrected chi connectivity index (χ1v) is 9.96. The molecule has 0 N–H and O–H groups in total. The third-order valence-corrected chi connectivity index (χ3v) is 5.64. The number of hydrogen-bond donors (Lipinski definition) is 0. The number of benzene rings is 2. The lowest BCUT2D eigenvalue weighted by Gasteiger charge is -2.18. The molecule has 27 heavy (non-hydrogen) atoms. The summed E-state index contributed by atoms with van der Waals surface area (Å²) in [4.78, 5) is 1.23. The Morgan fingerprint density at radius 3 is 2.59 bits per heavy atom. The summed E-state index contributed by atoms with van der Waals surface area (Å²) in [6, 6.07) is 18.5. The highest BCUT2D eigenvalue weighted by molar-refractivity contribution is 7.14. The van der Waals surface area contributed by atoms with Gasteiger partial charge in [-0.05, 0) is 61.2 Å². The third-order valence-electron chi connectivity index (χ3n) is 4.50. The van der Waals surface area contributed by atoms with Crippen LogP contribution in [0.5, 0.6) is 16.6 Å². The molecule has 1 aromatic heterocycles. The second-order valence-corrected chi connectivity index (χ2v) is 7.57. The molecular formula is C23H24FO2S. The molecule has 1 heterocycles. The van der Waals surface area contributed by atoms with Gasteiger partial charge in [-0.15, -0.1) is 11.3 Å². The van der Waals surface area contributed by atoms with E-state index in [1.165, 1.54) is 16.9 Å². The van der Waals surface area contributed by atoms with E-state index >= 15 is 0 Å². The second kappa shape index (κ2) is 9.05. The first-order chi connectivity index (χ1) is 13.1. The number of para-hydroxylation sites is 1. The molecule has 3 aromatic rings. The summed E-state index contributed by atoms with van der Waals surface area (Å²) in [6.07, 6.45) is 0.819. The Balaban J connectivity index is 1.69. The van der Waals surface area contributed by atoms with Gasteiger partial charge in [0.05, 0.1) is 6.61 Å². The molecule has 2 nitrogen and oxygen atoms in total. The van der Waals surface area contributed by atoms with Gasteiger partial charge in [0.2, 0.25) is 0 Å². The SMILES string of the molecule is CCOc1ccc([C](C)C(C)Cc2ccc(F)c(Oc3ccccc3)c2)s1. The first-order valence-electron chi connectivity index (χ1n) is 9.14. The van der Waals surface area contributed by atoms with Crippen molar-refractivity contribution in [3.8, 4) is 16.6 Å². The first kappa shape index (κ1) is 19.4. The molecule has 1 radical (unpaired) electrons. The van der Waals surface area contributed by atoms with Crippen molar-refractivity contribution >= 4 is 11.3 Å². The van der Waals surface area contributed by atoms with E-state index < -0.39 is 0 Å². The van der Waals surface area contributed by atoms with Crippen molar-refractivity contribution in [3.05, 3.63) is 82.8 Å². The number of hydrogen-bond acceptors (Lipinski definition) is 3. The van der Waals surface area contributed by atoms with Crippen molar-refractivity contribution < 1.29 is 13.9 Å². The van der Waals surface area contributed by atoms with Gasteiger partial charge >= 0.3 is 0 Å². The van der Waals surface area contributed by atoms with Gasteiger partial charge in [0.1, 0.15) is 5.75 Å². The topological polar surface area (TPSA) is 18.5 Å². The van der Waals surface area contributed by atoms with Crippen LogP contribution in [0, 0.1) is 17.7 Å². The van der Waals surface area contributed by atoms with Crippen LogP contribution in [0.25, 0.3) is 0 Å². The molecule has 0 saturated heterocycles. The van der Waals surface area contributed by atoms with Crippen molar-refractivity contribution in [2.75, 3.05) is 6.61 Å². The zero-order valence-corrected chi connectivity index (χ0v) is 16.7. The van der Waals surface area contributed by atoms with Crippen LogP contribution in [0.15, 0.2) is 60.7 Å². The minimum Gasteiger partial charge on any atom is -0.484 e. The fourth-order valence-corrected chi connectivity index (χ4v) is 3.90. The maximum atomic E-state index is 14.1. The van der Waals surface area contributed by atoms with E-state index in [0.717, 1.165) is 17.0 Å². The average molecular weight is 384 g/mol. The standard InChI is InChI=1S/C23H24FO2S/c1-4-25-23-13-12-22(27-23)17(3)16(2)14-18-10-11-20(24)21(15-18)26-19-8-6-5-7-9-19/h5-13,15-16H,4,14H2,1-3H3. The Morgan fingerprint density at radius 1 is 1.07 bits per heavy atom. The molecule has 0 aliphatic carbocycles. The van der Waals surface area contributed by atoms with Crippen LogP contribution in [0.3, 0.4) is 0 Å². The zero-order valence-electron chi connectivity index (χ0n) is 15.9. The van der Waals surface area contributed by atoms with Crippen molar-refractivity contribution in [2.45, 2.75) is 27.2 Å². The summed E-state index contributed by atoms with van der Waals surface area (Å²) in [5.74, 6) is 2.18. The van der Waals surface area contributed by atoms with E-state index in [1.807, 2.05) is 49.4 Å². The van der Waals surface area contributed by atoms with Gasteiger partial charge in [-0.2, -0.15) is 0 Å². The van der Waals surface area contributed by atoms with E-state index in [-0.39, 0.29) is 11.6 Å². The summed E-state index contributed by atoms with van der Waals surface area (Å²) in [6.45, 7) is 7.00. The van der Waals surface area contributed by atoms with Crippen molar-refractivity contribution in [1.82, 2.24) is 0 Å². The Bertz CT molecular complexity index is 860. The van der Waals surface area contributed by atoms with Crippen LogP contribution in [-0.4, -0.2) is 6.61 Å². The van der Waals surface area contributed by atoms with Crippen molar-refractivity contribution in [1.29, 1.82) is 0 Å². The fourth-order valence-electron chi connectivity index (χ4n) is 2.87. The monoisotopic (exact) mass is 383 g/mol. The van der Waals surface area contributed by atoms with E-state index in [0.29, 0.717) is 18.3 Å². The molecule has 0 amide bonds. The lowest BCUT2D eigenvalue weighted by Crippen LogP contribution is -2.09. The predicted octanol–water partition coefficient (Wildman–Crippen LogP) is 6.90. The minimum atomic E-state index is -0.351. The van der Waals surface area contributed by atoms with Gasteiger partial charge < -0.3 is 9.47 Å². The molecule has 0 spiro atoms. The molecule has 0 aliphatic heterocycles. The van der Waals surface area contributed by atoms with E-state index in [1.54, 1.807) is 17.4 Å². The van der Waals surface area contributed by atoms with E-state index in [2.05, 4.69) is 19.9 Å². The third kappa shape index (κ3) is 5.10. The van der Waals surface area contributed by atoms with Gasteiger partial charge in [0, 0.05) is 10.8 Å². The molecule has 0 bridgehead atoms. The van der Waals surface area contributed by atoms with Gasteiger partial charge in [0.15, 0.2) is 16.6 Å². The number of thiophene rings is 1. The lowest BCUT2D eigenvalue weighted by molar-refractivity contribution is 0.350. The molecule has 2 aromatic carbocycles. The van der Waals surface area contributed by atoms with Crippen LogP contribution in [-0.2, 0) is 6.42 Å². The van der Waals surface area contributed by atoms with Gasteiger partial charge in [0.25, 0.3) is 0 Å². The summed E-state index contributed by atoms with van der Waals surface area (Å²) >= 11 is 1.67. The molecule has 141 valence electrons.